The summed E-state index contributed by atoms with van der Waals surface area (Å²) in [6.07, 6.45) is 0. The predicted octanol–water partition coefficient (Wildman–Crippen LogP) is 6.52. The molecule has 0 fully saturated rings. The van der Waals surface area contributed by atoms with Crippen molar-refractivity contribution in [3.63, 3.8) is 0 Å². The lowest BCUT2D eigenvalue weighted by Crippen LogP contribution is -2.03. The number of rotatable bonds is 6. The normalized spacial score (nSPS) is 10.2. The van der Waals surface area contributed by atoms with Crippen LogP contribution in [0.15, 0.2) is 109 Å². The van der Waals surface area contributed by atoms with Crippen molar-refractivity contribution in [2.24, 2.45) is 0 Å². The standard InChI is InChI=1S/C24H18O3/c1-4-11-19(12-5-1)22-17-10-18-23(25-20-13-6-2-7-14-20)24(22)27-26-21-15-8-3-9-16-21/h1-18H. The van der Waals surface area contributed by atoms with Gasteiger partial charge in [0.25, 0.3) is 0 Å². The van der Waals surface area contributed by atoms with E-state index in [0.29, 0.717) is 17.2 Å². The molecule has 132 valence electrons. The Hall–Kier alpha value is -3.72. The van der Waals surface area contributed by atoms with Gasteiger partial charge in [-0.15, -0.1) is 0 Å². The van der Waals surface area contributed by atoms with Crippen LogP contribution in [0, 0.1) is 0 Å². The molecule has 0 heterocycles. The minimum absolute atomic E-state index is 0.524. The van der Waals surface area contributed by atoms with E-state index >= 15 is 0 Å². The molecule has 27 heavy (non-hydrogen) atoms. The van der Waals surface area contributed by atoms with E-state index in [0.717, 1.165) is 16.9 Å². The number of hydrogen-bond acceptors (Lipinski definition) is 3. The van der Waals surface area contributed by atoms with E-state index in [1.807, 2.05) is 109 Å². The van der Waals surface area contributed by atoms with E-state index in [-0.39, 0.29) is 0 Å². The Morgan fingerprint density at radius 2 is 1.04 bits per heavy atom. The average Bonchev–Trinajstić information content (AvgIpc) is 2.75. The van der Waals surface area contributed by atoms with Gasteiger partial charge in [0.2, 0.25) is 5.75 Å². The highest BCUT2D eigenvalue weighted by molar-refractivity contribution is 5.73. The fourth-order valence-electron chi connectivity index (χ4n) is 2.71. The fraction of sp³-hybridized carbons (Fsp3) is 0. The molecular weight excluding hydrogens is 336 g/mol. The maximum Gasteiger partial charge on any atom is 0.228 e. The lowest BCUT2D eigenvalue weighted by molar-refractivity contribution is -0.101. The first-order valence-corrected chi connectivity index (χ1v) is 8.71. The number of benzene rings is 4. The third-order valence-electron chi connectivity index (χ3n) is 4.00. The van der Waals surface area contributed by atoms with E-state index in [2.05, 4.69) is 0 Å². The third kappa shape index (κ3) is 4.10. The highest BCUT2D eigenvalue weighted by Crippen LogP contribution is 2.40. The van der Waals surface area contributed by atoms with Crippen molar-refractivity contribution in [1.29, 1.82) is 0 Å². The van der Waals surface area contributed by atoms with E-state index in [1.165, 1.54) is 0 Å². The van der Waals surface area contributed by atoms with E-state index in [4.69, 9.17) is 14.5 Å². The summed E-state index contributed by atoms with van der Waals surface area (Å²) in [7, 11) is 0. The zero-order valence-electron chi connectivity index (χ0n) is 14.6. The summed E-state index contributed by atoms with van der Waals surface area (Å²) < 4.78 is 6.06. The Morgan fingerprint density at radius 1 is 0.444 bits per heavy atom. The van der Waals surface area contributed by atoms with Crippen LogP contribution >= 0.6 is 0 Å². The van der Waals surface area contributed by atoms with Crippen molar-refractivity contribution < 1.29 is 14.5 Å². The molecule has 4 aromatic carbocycles. The van der Waals surface area contributed by atoms with Gasteiger partial charge in [0.1, 0.15) is 5.75 Å². The zero-order valence-corrected chi connectivity index (χ0v) is 14.6. The van der Waals surface area contributed by atoms with Crippen LogP contribution in [0.4, 0.5) is 0 Å². The molecule has 0 bridgehead atoms. The first kappa shape index (κ1) is 16.7. The quantitative estimate of drug-likeness (QED) is 0.291. The maximum absolute atomic E-state index is 6.06. The summed E-state index contributed by atoms with van der Waals surface area (Å²) >= 11 is 0. The molecule has 0 saturated carbocycles. The first-order chi connectivity index (χ1) is 13.4. The topological polar surface area (TPSA) is 27.7 Å². The Bertz CT molecular complexity index is 984. The second-order valence-corrected chi connectivity index (χ2v) is 5.89. The molecule has 0 radical (unpaired) electrons. The lowest BCUT2D eigenvalue weighted by Gasteiger charge is -2.15. The van der Waals surface area contributed by atoms with Gasteiger partial charge in [0, 0.05) is 5.56 Å². The monoisotopic (exact) mass is 354 g/mol. The predicted molar refractivity (Wildman–Crippen MR) is 106 cm³/mol. The molecule has 0 aliphatic rings. The molecule has 0 N–H and O–H groups in total. The van der Waals surface area contributed by atoms with Crippen LogP contribution in [-0.2, 0) is 0 Å². The van der Waals surface area contributed by atoms with E-state index in [9.17, 15) is 0 Å². The highest BCUT2D eigenvalue weighted by Gasteiger charge is 2.16. The van der Waals surface area contributed by atoms with Crippen molar-refractivity contribution in [2.45, 2.75) is 0 Å². The van der Waals surface area contributed by atoms with Crippen LogP contribution in [0.5, 0.6) is 23.0 Å². The van der Waals surface area contributed by atoms with Crippen LogP contribution in [0.25, 0.3) is 11.1 Å². The van der Waals surface area contributed by atoms with E-state index < -0.39 is 0 Å². The summed E-state index contributed by atoms with van der Waals surface area (Å²) in [5.41, 5.74) is 1.91. The van der Waals surface area contributed by atoms with Crippen molar-refractivity contribution in [1.82, 2.24) is 0 Å². The number of ether oxygens (including phenoxy) is 1. The summed E-state index contributed by atoms with van der Waals surface area (Å²) in [5, 5.41) is 0. The van der Waals surface area contributed by atoms with Gasteiger partial charge in [-0.05, 0) is 35.9 Å². The molecule has 0 atom stereocenters. The number of para-hydroxylation sites is 3. The molecule has 0 saturated heterocycles. The molecule has 4 aromatic rings. The van der Waals surface area contributed by atoms with Crippen LogP contribution < -0.4 is 14.5 Å². The van der Waals surface area contributed by atoms with Gasteiger partial charge in [0.15, 0.2) is 11.5 Å². The smallest absolute Gasteiger partial charge is 0.228 e. The van der Waals surface area contributed by atoms with Crippen LogP contribution in [0.1, 0.15) is 0 Å². The second kappa shape index (κ2) is 8.11. The Morgan fingerprint density at radius 3 is 1.70 bits per heavy atom. The van der Waals surface area contributed by atoms with Crippen molar-refractivity contribution in [2.75, 3.05) is 0 Å². The molecular formula is C24H18O3. The molecule has 4 rings (SSSR count). The number of hydrogen-bond donors (Lipinski definition) is 0. The molecule has 0 unspecified atom stereocenters. The maximum atomic E-state index is 6.06. The van der Waals surface area contributed by atoms with Gasteiger partial charge in [-0.2, -0.15) is 0 Å². The average molecular weight is 354 g/mol. The van der Waals surface area contributed by atoms with Gasteiger partial charge in [-0.3, -0.25) is 9.78 Å². The Labute approximate surface area is 158 Å². The largest absolute Gasteiger partial charge is 0.453 e. The minimum Gasteiger partial charge on any atom is -0.453 e. The van der Waals surface area contributed by atoms with Crippen LogP contribution in [0.2, 0.25) is 0 Å². The second-order valence-electron chi connectivity index (χ2n) is 5.89. The molecule has 0 aliphatic heterocycles. The Balaban J connectivity index is 1.71. The van der Waals surface area contributed by atoms with Crippen LogP contribution in [0.3, 0.4) is 0 Å². The van der Waals surface area contributed by atoms with Gasteiger partial charge >= 0.3 is 0 Å². The van der Waals surface area contributed by atoms with Crippen molar-refractivity contribution >= 4 is 0 Å². The fourth-order valence-corrected chi connectivity index (χ4v) is 2.71. The lowest BCUT2D eigenvalue weighted by atomic mass is 10.0. The summed E-state index contributed by atoms with van der Waals surface area (Å²) in [5.74, 6) is 2.45. The van der Waals surface area contributed by atoms with Gasteiger partial charge < -0.3 is 4.74 Å². The van der Waals surface area contributed by atoms with Crippen LogP contribution in [-0.4, -0.2) is 0 Å². The summed E-state index contributed by atoms with van der Waals surface area (Å²) in [6, 6.07) is 34.8. The molecule has 0 aliphatic carbocycles. The molecule has 0 amide bonds. The van der Waals surface area contributed by atoms with Crippen molar-refractivity contribution in [3.05, 3.63) is 109 Å². The minimum atomic E-state index is 0.524. The SMILES string of the molecule is c1ccc(OOc2c(Oc3ccccc3)cccc2-c2ccccc2)cc1. The summed E-state index contributed by atoms with van der Waals surface area (Å²) in [4.78, 5) is 11.3. The van der Waals surface area contributed by atoms with Gasteiger partial charge in [0.05, 0.1) is 0 Å². The Kier molecular flexibility index (Phi) is 5.02. The highest BCUT2D eigenvalue weighted by atomic mass is 17.2. The molecule has 0 spiro atoms. The van der Waals surface area contributed by atoms with Gasteiger partial charge in [-0.25, -0.2) is 0 Å². The molecule has 3 nitrogen and oxygen atoms in total. The third-order valence-corrected chi connectivity index (χ3v) is 4.00. The van der Waals surface area contributed by atoms with Gasteiger partial charge in [-0.1, -0.05) is 78.9 Å². The summed E-state index contributed by atoms with van der Waals surface area (Å²) in [6.45, 7) is 0. The first-order valence-electron chi connectivity index (χ1n) is 8.71. The van der Waals surface area contributed by atoms with Crippen molar-refractivity contribution in [3.8, 4) is 34.1 Å². The molecule has 0 aromatic heterocycles. The molecule has 3 heteroatoms. The van der Waals surface area contributed by atoms with E-state index in [1.54, 1.807) is 0 Å². The zero-order chi connectivity index (χ0) is 18.3.